The summed E-state index contributed by atoms with van der Waals surface area (Å²) in [6.07, 6.45) is 2.52. The number of likely N-dealkylation sites (tertiary alicyclic amines) is 1. The number of rotatable bonds is 4. The maximum atomic E-state index is 13.5. The van der Waals surface area contributed by atoms with E-state index < -0.39 is 10.0 Å². The average molecular weight is 410 g/mol. The minimum absolute atomic E-state index is 0.0283. The topological polar surface area (TPSA) is 73.5 Å². The lowest BCUT2D eigenvalue weighted by Crippen LogP contribution is -2.61. The summed E-state index contributed by atoms with van der Waals surface area (Å²) >= 11 is 0. The highest BCUT2D eigenvalue weighted by Crippen LogP contribution is 2.41. The first-order valence-corrected chi connectivity index (χ1v) is 11.2. The molecule has 2 fully saturated rings. The summed E-state index contributed by atoms with van der Waals surface area (Å²) in [5.41, 5.74) is 3.11. The Hall–Kier alpha value is -2.64. The zero-order valence-electron chi connectivity index (χ0n) is 16.4. The first kappa shape index (κ1) is 18.4. The number of hydrogen-bond donors (Lipinski definition) is 1. The monoisotopic (exact) mass is 409 g/mol. The fraction of sp³-hybridized carbons (Fsp3) is 0.318. The molecule has 5 rings (SSSR count). The summed E-state index contributed by atoms with van der Waals surface area (Å²) in [6, 6.07) is 14.6. The van der Waals surface area contributed by atoms with E-state index in [9.17, 15) is 13.2 Å². The van der Waals surface area contributed by atoms with Crippen LogP contribution < -0.4 is 0 Å². The molecule has 0 bridgehead atoms. The number of aryl methyl sites for hydroxylation is 1. The second-order valence-corrected chi connectivity index (χ2v) is 9.96. The molecule has 1 amide bonds. The van der Waals surface area contributed by atoms with Crippen LogP contribution in [0.1, 0.15) is 11.1 Å². The smallest absolute Gasteiger partial charge is 0.243 e. The van der Waals surface area contributed by atoms with E-state index >= 15 is 0 Å². The van der Waals surface area contributed by atoms with Gasteiger partial charge in [0, 0.05) is 30.7 Å². The van der Waals surface area contributed by atoms with Crippen molar-refractivity contribution in [2.75, 3.05) is 13.6 Å². The van der Waals surface area contributed by atoms with E-state index in [1.807, 2.05) is 49.5 Å². The Morgan fingerprint density at radius 3 is 2.59 bits per heavy atom. The third kappa shape index (κ3) is 2.72. The number of carbonyl (C=O) groups is 1. The van der Waals surface area contributed by atoms with Crippen molar-refractivity contribution in [2.24, 2.45) is 5.92 Å². The maximum absolute atomic E-state index is 13.5. The minimum atomic E-state index is -3.69. The Morgan fingerprint density at radius 2 is 1.83 bits per heavy atom. The molecule has 0 radical (unpaired) electrons. The Balaban J connectivity index is 1.55. The molecular weight excluding hydrogens is 386 g/mol. The highest BCUT2D eigenvalue weighted by molar-refractivity contribution is 7.89. The van der Waals surface area contributed by atoms with E-state index in [0.29, 0.717) is 6.42 Å². The lowest BCUT2D eigenvalue weighted by Gasteiger charge is -2.43. The fourth-order valence-electron chi connectivity index (χ4n) is 4.82. The number of β-lactam (4-membered cyclic amide) rings is 1. The van der Waals surface area contributed by atoms with Crippen molar-refractivity contribution in [2.45, 2.75) is 30.3 Å². The van der Waals surface area contributed by atoms with Crippen molar-refractivity contribution >= 4 is 26.8 Å². The van der Waals surface area contributed by atoms with Crippen LogP contribution in [0, 0.1) is 12.8 Å². The number of nitrogens with zero attached hydrogens (tertiary/aromatic N) is 2. The van der Waals surface area contributed by atoms with Crippen LogP contribution in [0.2, 0.25) is 0 Å². The van der Waals surface area contributed by atoms with Crippen molar-refractivity contribution in [1.29, 1.82) is 0 Å². The summed E-state index contributed by atoms with van der Waals surface area (Å²) < 4.78 is 28.5. The molecular formula is C22H23N3O3S. The molecule has 2 aliphatic rings. The van der Waals surface area contributed by atoms with Gasteiger partial charge in [0.25, 0.3) is 0 Å². The second-order valence-electron chi connectivity index (χ2n) is 8.06. The number of sulfonamides is 1. The number of hydrogen-bond acceptors (Lipinski definition) is 3. The van der Waals surface area contributed by atoms with Crippen molar-refractivity contribution < 1.29 is 13.2 Å². The number of aromatic nitrogens is 1. The van der Waals surface area contributed by atoms with E-state index in [-0.39, 0.29) is 35.3 Å². The van der Waals surface area contributed by atoms with E-state index in [0.717, 1.165) is 22.0 Å². The van der Waals surface area contributed by atoms with E-state index in [1.54, 1.807) is 28.4 Å². The zero-order valence-corrected chi connectivity index (χ0v) is 17.2. The van der Waals surface area contributed by atoms with Crippen LogP contribution in [-0.2, 0) is 21.2 Å². The molecule has 2 aliphatic heterocycles. The number of aromatic amines is 1. The van der Waals surface area contributed by atoms with E-state index in [1.165, 1.54) is 0 Å². The van der Waals surface area contributed by atoms with Gasteiger partial charge in [-0.2, -0.15) is 4.31 Å². The quantitative estimate of drug-likeness (QED) is 0.673. The third-order valence-corrected chi connectivity index (χ3v) is 8.30. The Labute approximate surface area is 170 Å². The predicted octanol–water partition coefficient (Wildman–Crippen LogP) is 2.55. The summed E-state index contributed by atoms with van der Waals surface area (Å²) in [4.78, 5) is 17.6. The van der Waals surface area contributed by atoms with Crippen molar-refractivity contribution in [3.8, 4) is 0 Å². The number of carbonyl (C=O) groups excluding carboxylic acids is 1. The number of nitrogens with one attached hydrogen (secondary N) is 1. The standard InChI is InChI=1S/C22H23N3O3S/c1-14-7-9-16(10-8-14)29(27,28)25-13-18-21(24(2)22(18)26)20(25)11-15-12-23-19-6-4-3-5-17(15)19/h3-10,12,18,20-21,23H,11,13H2,1-2H3/t18-,20+,21-/m1/s1. The molecule has 0 aliphatic carbocycles. The van der Waals surface area contributed by atoms with Gasteiger partial charge in [-0.05, 0) is 37.1 Å². The highest BCUT2D eigenvalue weighted by atomic mass is 32.2. The Bertz CT molecular complexity index is 1200. The number of H-pyrrole nitrogens is 1. The van der Waals surface area contributed by atoms with Gasteiger partial charge in [-0.3, -0.25) is 4.79 Å². The van der Waals surface area contributed by atoms with E-state index in [2.05, 4.69) is 4.98 Å². The lowest BCUT2D eigenvalue weighted by atomic mass is 9.85. The lowest BCUT2D eigenvalue weighted by molar-refractivity contribution is -0.150. The molecule has 6 nitrogen and oxygen atoms in total. The second kappa shape index (κ2) is 6.43. The summed E-state index contributed by atoms with van der Waals surface area (Å²) in [5, 5.41) is 1.09. The fourth-order valence-corrected chi connectivity index (χ4v) is 6.49. The first-order chi connectivity index (χ1) is 13.9. The zero-order chi connectivity index (χ0) is 20.3. The molecule has 29 heavy (non-hydrogen) atoms. The molecule has 150 valence electrons. The van der Waals surface area contributed by atoms with Gasteiger partial charge in [0.15, 0.2) is 0 Å². The molecule has 7 heteroatoms. The Morgan fingerprint density at radius 1 is 1.10 bits per heavy atom. The largest absolute Gasteiger partial charge is 0.361 e. The normalized spacial score (nSPS) is 24.7. The number of fused-ring (bicyclic) bond motifs is 2. The number of para-hydroxylation sites is 1. The molecule has 0 saturated carbocycles. The molecule has 2 aromatic carbocycles. The summed E-state index contributed by atoms with van der Waals surface area (Å²) in [5.74, 6) is -0.226. The van der Waals surface area contributed by atoms with E-state index in [4.69, 9.17) is 0 Å². The molecule has 0 spiro atoms. The van der Waals surface area contributed by atoms with Gasteiger partial charge in [0.2, 0.25) is 15.9 Å². The predicted molar refractivity (Wildman–Crippen MR) is 111 cm³/mol. The molecule has 1 aromatic heterocycles. The third-order valence-electron chi connectivity index (χ3n) is 6.40. The molecule has 0 unspecified atom stereocenters. The van der Waals surface area contributed by atoms with Crippen LogP contribution >= 0.6 is 0 Å². The number of amides is 1. The molecule has 3 heterocycles. The van der Waals surface area contributed by atoms with Gasteiger partial charge in [-0.1, -0.05) is 35.9 Å². The van der Waals surface area contributed by atoms with Crippen LogP contribution in [0.15, 0.2) is 59.6 Å². The Kier molecular flexibility index (Phi) is 4.08. The summed E-state index contributed by atoms with van der Waals surface area (Å²) in [7, 11) is -1.92. The minimum Gasteiger partial charge on any atom is -0.361 e. The molecule has 1 N–H and O–H groups in total. The van der Waals surface area contributed by atoms with Crippen LogP contribution in [0.3, 0.4) is 0 Å². The van der Waals surface area contributed by atoms with Gasteiger partial charge in [0.05, 0.1) is 22.9 Å². The highest BCUT2D eigenvalue weighted by Gasteiger charge is 2.59. The van der Waals surface area contributed by atoms with Crippen molar-refractivity contribution in [3.05, 3.63) is 65.9 Å². The van der Waals surface area contributed by atoms with Crippen molar-refractivity contribution in [3.63, 3.8) is 0 Å². The molecule has 2 saturated heterocycles. The van der Waals surface area contributed by atoms with Gasteiger partial charge in [0.1, 0.15) is 0 Å². The van der Waals surface area contributed by atoms with Gasteiger partial charge in [-0.25, -0.2) is 8.42 Å². The molecule has 3 aromatic rings. The van der Waals surface area contributed by atoms with Crippen LogP contribution in [0.4, 0.5) is 0 Å². The van der Waals surface area contributed by atoms with Crippen molar-refractivity contribution in [1.82, 2.24) is 14.2 Å². The number of benzene rings is 2. The summed E-state index contributed by atoms with van der Waals surface area (Å²) in [6.45, 7) is 2.18. The number of likely N-dealkylation sites (N-methyl/N-ethyl adjacent to an activating group) is 1. The van der Waals surface area contributed by atoms with Gasteiger partial charge >= 0.3 is 0 Å². The maximum Gasteiger partial charge on any atom is 0.243 e. The average Bonchev–Trinajstić information content (AvgIpc) is 3.28. The SMILES string of the molecule is Cc1ccc(S(=O)(=O)N2C[C@H]3C(=O)N(C)[C@H]3[C@@H]2Cc2c[nH]c3ccccc23)cc1. The molecule has 3 atom stereocenters. The van der Waals surface area contributed by atoms with Crippen LogP contribution in [0.25, 0.3) is 10.9 Å². The van der Waals surface area contributed by atoms with Crippen LogP contribution in [-0.4, -0.2) is 54.2 Å². The van der Waals surface area contributed by atoms with Gasteiger partial charge < -0.3 is 9.88 Å². The van der Waals surface area contributed by atoms with Gasteiger partial charge in [-0.15, -0.1) is 0 Å². The van der Waals surface area contributed by atoms with Crippen LogP contribution in [0.5, 0.6) is 0 Å². The first-order valence-electron chi connectivity index (χ1n) is 9.78.